The molecule has 2 rings (SSSR count). The molecular weight excluding hydrogens is 194 g/mol. The summed E-state index contributed by atoms with van der Waals surface area (Å²) in [5.74, 6) is -1.09. The summed E-state index contributed by atoms with van der Waals surface area (Å²) < 4.78 is 1.03. The smallest absolute Gasteiger partial charge is 0.353 e. The van der Waals surface area contributed by atoms with E-state index in [-0.39, 0.29) is 5.69 Å². The van der Waals surface area contributed by atoms with Gasteiger partial charge < -0.3 is 5.11 Å². The SMILES string of the molecule is O=C(O)c1ccc2nncc-2n1Cl. The number of rotatable bonds is 1. The number of hydrogen-bond acceptors (Lipinski definition) is 3. The number of fused-ring (bicyclic) bond motifs is 1. The highest BCUT2D eigenvalue weighted by molar-refractivity contribution is 6.19. The van der Waals surface area contributed by atoms with Crippen molar-refractivity contribution in [3.05, 3.63) is 24.0 Å². The third kappa shape index (κ3) is 1.13. The molecule has 0 radical (unpaired) electrons. The predicted octanol–water partition coefficient (Wildman–Crippen LogP) is 1.08. The fourth-order valence-electron chi connectivity index (χ4n) is 1.04. The van der Waals surface area contributed by atoms with Gasteiger partial charge in [-0.15, -0.1) is 5.10 Å². The van der Waals surface area contributed by atoms with E-state index in [4.69, 9.17) is 16.9 Å². The highest BCUT2D eigenvalue weighted by Crippen LogP contribution is 2.21. The Labute approximate surface area is 78.0 Å². The Morgan fingerprint density at radius 2 is 2.31 bits per heavy atom. The summed E-state index contributed by atoms with van der Waals surface area (Å²) in [6, 6.07) is 2.94. The quantitative estimate of drug-likeness (QED) is 0.743. The molecule has 0 aliphatic carbocycles. The first kappa shape index (κ1) is 8.00. The molecule has 0 atom stereocenters. The summed E-state index contributed by atoms with van der Waals surface area (Å²) in [5.41, 5.74) is 1.05. The summed E-state index contributed by atoms with van der Waals surface area (Å²) in [6.07, 6.45) is 1.41. The van der Waals surface area contributed by atoms with E-state index in [0.717, 1.165) is 4.09 Å². The second kappa shape index (κ2) is 2.70. The first-order chi connectivity index (χ1) is 6.20. The van der Waals surface area contributed by atoms with Crippen molar-refractivity contribution < 1.29 is 9.90 Å². The number of aromatic carboxylic acids is 1. The largest absolute Gasteiger partial charge is 0.477 e. The van der Waals surface area contributed by atoms with E-state index in [9.17, 15) is 4.79 Å². The first-order valence-corrected chi connectivity index (χ1v) is 3.76. The normalized spacial score (nSPS) is 10.5. The molecule has 0 aromatic rings. The van der Waals surface area contributed by atoms with E-state index in [1.54, 1.807) is 6.07 Å². The Hall–Kier alpha value is -1.62. The van der Waals surface area contributed by atoms with Gasteiger partial charge in [0.25, 0.3) is 0 Å². The molecule has 0 aromatic heterocycles. The molecule has 0 bridgehead atoms. The average molecular weight is 198 g/mol. The van der Waals surface area contributed by atoms with Gasteiger partial charge in [-0.25, -0.2) is 8.88 Å². The summed E-state index contributed by atoms with van der Waals surface area (Å²) in [7, 11) is 0. The maximum atomic E-state index is 10.6. The van der Waals surface area contributed by atoms with Crippen LogP contribution in [0.15, 0.2) is 18.3 Å². The molecule has 13 heavy (non-hydrogen) atoms. The fourth-order valence-corrected chi connectivity index (χ4v) is 1.30. The lowest BCUT2D eigenvalue weighted by molar-refractivity contribution is 0.0689. The maximum Gasteiger partial charge on any atom is 0.353 e. The van der Waals surface area contributed by atoms with Crippen LogP contribution in [0.25, 0.3) is 11.4 Å². The monoisotopic (exact) mass is 197 g/mol. The summed E-state index contributed by atoms with van der Waals surface area (Å²) in [5, 5.41) is 16.1. The van der Waals surface area contributed by atoms with Crippen molar-refractivity contribution in [2.75, 3.05) is 0 Å². The van der Waals surface area contributed by atoms with Crippen molar-refractivity contribution in [3.8, 4) is 11.4 Å². The Kier molecular flexibility index (Phi) is 1.66. The zero-order valence-corrected chi connectivity index (χ0v) is 7.06. The predicted molar refractivity (Wildman–Crippen MR) is 44.9 cm³/mol. The minimum absolute atomic E-state index is 0.0102. The lowest BCUT2D eigenvalue weighted by Gasteiger charge is -2.05. The van der Waals surface area contributed by atoms with E-state index in [2.05, 4.69) is 10.2 Å². The van der Waals surface area contributed by atoms with Gasteiger partial charge in [0.2, 0.25) is 0 Å². The Bertz CT molecular complexity index is 440. The topological polar surface area (TPSA) is 68.0 Å². The number of nitrogens with zero attached hydrogens (tertiary/aromatic N) is 3. The van der Waals surface area contributed by atoms with Crippen LogP contribution in [-0.4, -0.2) is 25.4 Å². The Morgan fingerprint density at radius 1 is 1.54 bits per heavy atom. The average Bonchev–Trinajstić information content (AvgIpc) is 2.52. The number of pyridine rings is 1. The number of aromatic nitrogens is 3. The minimum atomic E-state index is -1.09. The van der Waals surface area contributed by atoms with E-state index in [1.165, 1.54) is 12.3 Å². The van der Waals surface area contributed by atoms with Crippen LogP contribution in [0, 0.1) is 0 Å². The highest BCUT2D eigenvalue weighted by atomic mass is 35.5. The van der Waals surface area contributed by atoms with Crippen LogP contribution >= 0.6 is 11.8 Å². The number of carbonyl (C=O) groups is 1. The molecule has 5 nitrogen and oxygen atoms in total. The van der Waals surface area contributed by atoms with Crippen LogP contribution in [0.5, 0.6) is 0 Å². The molecule has 0 saturated heterocycles. The summed E-state index contributed by atoms with van der Waals surface area (Å²) >= 11 is 5.73. The Balaban J connectivity index is 2.74. The molecule has 0 aromatic carbocycles. The van der Waals surface area contributed by atoms with E-state index in [0.29, 0.717) is 11.4 Å². The number of carboxylic acid groups (broad SMARTS) is 1. The van der Waals surface area contributed by atoms with Gasteiger partial charge in [0, 0.05) is 11.8 Å². The van der Waals surface area contributed by atoms with E-state index >= 15 is 0 Å². The minimum Gasteiger partial charge on any atom is -0.477 e. The molecule has 0 amide bonds. The van der Waals surface area contributed by atoms with Crippen LogP contribution in [0.2, 0.25) is 0 Å². The van der Waals surface area contributed by atoms with Gasteiger partial charge >= 0.3 is 5.97 Å². The first-order valence-electron chi connectivity index (χ1n) is 3.43. The van der Waals surface area contributed by atoms with Crippen LogP contribution in [0.1, 0.15) is 10.5 Å². The molecule has 2 heterocycles. The molecule has 2 aliphatic rings. The van der Waals surface area contributed by atoms with Gasteiger partial charge in [-0.05, 0) is 12.1 Å². The molecule has 0 spiro atoms. The highest BCUT2D eigenvalue weighted by Gasteiger charge is 2.15. The van der Waals surface area contributed by atoms with Crippen LogP contribution in [0.4, 0.5) is 0 Å². The lowest BCUT2D eigenvalue weighted by atomic mass is 10.2. The fraction of sp³-hybridized carbons (Fsp3) is 0. The molecule has 2 aliphatic heterocycles. The van der Waals surface area contributed by atoms with E-state index < -0.39 is 5.97 Å². The molecule has 0 saturated carbocycles. The van der Waals surface area contributed by atoms with Gasteiger partial charge in [0.15, 0.2) is 0 Å². The van der Waals surface area contributed by atoms with Gasteiger partial charge in [-0.2, -0.15) is 5.10 Å². The Morgan fingerprint density at radius 3 is 3.00 bits per heavy atom. The van der Waals surface area contributed by atoms with Crippen molar-refractivity contribution in [1.29, 1.82) is 0 Å². The van der Waals surface area contributed by atoms with Gasteiger partial charge in [-0.1, -0.05) is 0 Å². The van der Waals surface area contributed by atoms with Gasteiger partial charge in [0.05, 0.1) is 6.20 Å². The third-order valence-corrected chi connectivity index (χ3v) is 2.01. The van der Waals surface area contributed by atoms with Crippen molar-refractivity contribution >= 4 is 17.7 Å². The van der Waals surface area contributed by atoms with Crippen molar-refractivity contribution in [1.82, 2.24) is 14.3 Å². The van der Waals surface area contributed by atoms with Crippen molar-refractivity contribution in [2.24, 2.45) is 0 Å². The van der Waals surface area contributed by atoms with Crippen molar-refractivity contribution in [2.45, 2.75) is 0 Å². The molecule has 66 valence electrons. The second-order valence-corrected chi connectivity index (χ2v) is 2.76. The third-order valence-electron chi connectivity index (χ3n) is 1.65. The molecule has 1 N–H and O–H groups in total. The van der Waals surface area contributed by atoms with Crippen LogP contribution < -0.4 is 0 Å². The molecule has 6 heteroatoms. The second-order valence-electron chi connectivity index (χ2n) is 2.42. The molecular formula is C7H4ClN3O2. The van der Waals surface area contributed by atoms with Gasteiger partial charge in [-0.3, -0.25) is 0 Å². The maximum absolute atomic E-state index is 10.6. The summed E-state index contributed by atoms with van der Waals surface area (Å²) in [6.45, 7) is 0. The van der Waals surface area contributed by atoms with Crippen LogP contribution in [-0.2, 0) is 0 Å². The summed E-state index contributed by atoms with van der Waals surface area (Å²) in [4.78, 5) is 10.6. The lowest BCUT2D eigenvalue weighted by Crippen LogP contribution is -2.06. The number of halogens is 1. The standard InChI is InChI=1S/C7H4ClN3O2/c8-11-5(7(12)13)2-1-4-6(11)3-9-10-4/h1-3H,(H,12,13). The number of carboxylic acids is 1. The van der Waals surface area contributed by atoms with Gasteiger partial charge in [0.1, 0.15) is 17.1 Å². The zero-order valence-electron chi connectivity index (χ0n) is 6.31. The van der Waals surface area contributed by atoms with Crippen molar-refractivity contribution in [3.63, 3.8) is 0 Å². The molecule has 0 unspecified atom stereocenters. The zero-order chi connectivity index (χ0) is 9.42. The number of hydrogen-bond donors (Lipinski definition) is 1. The molecule has 0 fully saturated rings. The van der Waals surface area contributed by atoms with E-state index in [1.807, 2.05) is 0 Å². The van der Waals surface area contributed by atoms with Crippen LogP contribution in [0.3, 0.4) is 0 Å².